The zero-order valence-electron chi connectivity index (χ0n) is 9.78. The molecule has 0 bridgehead atoms. The predicted molar refractivity (Wildman–Crippen MR) is 76.4 cm³/mol. The number of anilines is 1. The number of amides is 1. The van der Waals surface area contributed by atoms with E-state index in [0.29, 0.717) is 22.0 Å². The van der Waals surface area contributed by atoms with Crippen LogP contribution < -0.4 is 5.32 Å². The SMILES string of the molecule is O=C(O)c1cc(Br)cc(Br)c1NC(=O)[C@@H]1CCCO1. The molecule has 0 unspecified atom stereocenters. The predicted octanol–water partition coefficient (Wildman–Crippen LogP) is 3.03. The number of carbonyl (C=O) groups is 2. The number of hydrogen-bond acceptors (Lipinski definition) is 3. The minimum absolute atomic E-state index is 0.0209. The lowest BCUT2D eigenvalue weighted by atomic mass is 10.1. The Morgan fingerprint density at radius 2 is 2.11 bits per heavy atom. The number of ether oxygens (including phenoxy) is 1. The Labute approximate surface area is 126 Å². The quantitative estimate of drug-likeness (QED) is 0.828. The zero-order chi connectivity index (χ0) is 14.0. The molecule has 2 rings (SSSR count). The molecule has 1 aliphatic rings. The molecular weight excluding hydrogens is 382 g/mol. The first-order valence-electron chi connectivity index (χ1n) is 5.64. The van der Waals surface area contributed by atoms with Crippen LogP contribution in [0, 0.1) is 0 Å². The smallest absolute Gasteiger partial charge is 0.337 e. The van der Waals surface area contributed by atoms with Crippen LogP contribution >= 0.6 is 31.9 Å². The Hall–Kier alpha value is -0.920. The number of halogens is 2. The van der Waals surface area contributed by atoms with Crippen LogP contribution in [0.3, 0.4) is 0 Å². The van der Waals surface area contributed by atoms with E-state index in [9.17, 15) is 9.59 Å². The highest BCUT2D eigenvalue weighted by Gasteiger charge is 2.26. The van der Waals surface area contributed by atoms with Crippen LogP contribution in [-0.4, -0.2) is 29.7 Å². The van der Waals surface area contributed by atoms with Crippen molar-refractivity contribution in [3.63, 3.8) is 0 Å². The molecule has 0 radical (unpaired) electrons. The third kappa shape index (κ3) is 3.34. The van der Waals surface area contributed by atoms with Gasteiger partial charge in [-0.3, -0.25) is 4.79 Å². The Bertz CT molecular complexity index is 527. The van der Waals surface area contributed by atoms with Gasteiger partial charge in [0.1, 0.15) is 6.10 Å². The summed E-state index contributed by atoms with van der Waals surface area (Å²) in [5.74, 6) is -1.42. The van der Waals surface area contributed by atoms with Gasteiger partial charge in [0.15, 0.2) is 0 Å². The summed E-state index contributed by atoms with van der Waals surface area (Å²) in [6, 6.07) is 3.12. The minimum Gasteiger partial charge on any atom is -0.478 e. The number of carboxylic acid groups (broad SMARTS) is 1. The topological polar surface area (TPSA) is 75.6 Å². The average Bonchev–Trinajstić information content (AvgIpc) is 2.85. The summed E-state index contributed by atoms with van der Waals surface area (Å²) in [4.78, 5) is 23.2. The zero-order valence-corrected chi connectivity index (χ0v) is 13.0. The van der Waals surface area contributed by atoms with Crippen molar-refractivity contribution in [1.29, 1.82) is 0 Å². The monoisotopic (exact) mass is 391 g/mol. The van der Waals surface area contributed by atoms with Gasteiger partial charge in [-0.25, -0.2) is 4.79 Å². The van der Waals surface area contributed by atoms with E-state index in [1.807, 2.05) is 0 Å². The number of carboxylic acids is 1. The average molecular weight is 393 g/mol. The minimum atomic E-state index is -1.11. The van der Waals surface area contributed by atoms with Crippen LogP contribution in [0.15, 0.2) is 21.1 Å². The lowest BCUT2D eigenvalue weighted by Gasteiger charge is -2.14. The van der Waals surface area contributed by atoms with Crippen molar-refractivity contribution in [3.05, 3.63) is 26.6 Å². The van der Waals surface area contributed by atoms with Crippen molar-refractivity contribution in [1.82, 2.24) is 0 Å². The summed E-state index contributed by atoms with van der Waals surface area (Å²) in [6.07, 6.45) is 0.991. The second kappa shape index (κ2) is 6.02. The number of benzene rings is 1. The van der Waals surface area contributed by atoms with Gasteiger partial charge in [0.2, 0.25) is 0 Å². The summed E-state index contributed by atoms with van der Waals surface area (Å²) in [5, 5.41) is 11.8. The molecule has 1 atom stereocenters. The van der Waals surface area contributed by atoms with E-state index in [-0.39, 0.29) is 17.2 Å². The second-order valence-electron chi connectivity index (χ2n) is 4.11. The van der Waals surface area contributed by atoms with E-state index < -0.39 is 12.1 Å². The molecule has 1 amide bonds. The van der Waals surface area contributed by atoms with Gasteiger partial charge in [0, 0.05) is 15.6 Å². The first kappa shape index (κ1) is 14.5. The summed E-state index contributed by atoms with van der Waals surface area (Å²) >= 11 is 6.47. The van der Waals surface area contributed by atoms with Gasteiger partial charge in [-0.2, -0.15) is 0 Å². The fourth-order valence-corrected chi connectivity index (χ4v) is 3.18. The number of aromatic carboxylic acids is 1. The van der Waals surface area contributed by atoms with E-state index in [1.54, 1.807) is 6.07 Å². The normalized spacial score (nSPS) is 18.3. The highest BCUT2D eigenvalue weighted by Crippen LogP contribution is 2.31. The molecule has 1 saturated heterocycles. The van der Waals surface area contributed by atoms with Crippen molar-refractivity contribution in [2.75, 3.05) is 11.9 Å². The van der Waals surface area contributed by atoms with Crippen LogP contribution in [0.25, 0.3) is 0 Å². The maximum atomic E-state index is 12.0. The van der Waals surface area contributed by atoms with Gasteiger partial charge in [-0.15, -0.1) is 0 Å². The van der Waals surface area contributed by atoms with Crippen molar-refractivity contribution in [3.8, 4) is 0 Å². The lowest BCUT2D eigenvalue weighted by Crippen LogP contribution is -2.27. The second-order valence-corrected chi connectivity index (χ2v) is 5.88. The van der Waals surface area contributed by atoms with E-state index >= 15 is 0 Å². The highest BCUT2D eigenvalue weighted by atomic mass is 79.9. The molecule has 102 valence electrons. The maximum Gasteiger partial charge on any atom is 0.337 e. The van der Waals surface area contributed by atoms with E-state index in [2.05, 4.69) is 37.2 Å². The van der Waals surface area contributed by atoms with Crippen molar-refractivity contribution in [2.45, 2.75) is 18.9 Å². The molecule has 0 aliphatic carbocycles. The van der Waals surface area contributed by atoms with Gasteiger partial charge < -0.3 is 15.2 Å². The lowest BCUT2D eigenvalue weighted by molar-refractivity contribution is -0.124. The highest BCUT2D eigenvalue weighted by molar-refractivity contribution is 9.11. The van der Waals surface area contributed by atoms with Gasteiger partial charge in [-0.05, 0) is 40.9 Å². The summed E-state index contributed by atoms with van der Waals surface area (Å²) in [7, 11) is 0. The molecule has 1 aromatic rings. The molecule has 0 spiro atoms. The largest absolute Gasteiger partial charge is 0.478 e. The number of rotatable bonds is 3. The third-order valence-electron chi connectivity index (χ3n) is 2.76. The molecule has 5 nitrogen and oxygen atoms in total. The number of hydrogen-bond donors (Lipinski definition) is 2. The van der Waals surface area contributed by atoms with Gasteiger partial charge in [0.25, 0.3) is 5.91 Å². The Morgan fingerprint density at radius 1 is 1.37 bits per heavy atom. The van der Waals surface area contributed by atoms with Crippen LogP contribution in [0.5, 0.6) is 0 Å². The summed E-state index contributed by atoms with van der Waals surface area (Å²) in [5.41, 5.74) is 0.267. The first-order chi connectivity index (χ1) is 8.99. The Morgan fingerprint density at radius 3 is 2.68 bits per heavy atom. The fourth-order valence-electron chi connectivity index (χ4n) is 1.86. The van der Waals surface area contributed by atoms with E-state index in [1.165, 1.54) is 6.07 Å². The molecule has 19 heavy (non-hydrogen) atoms. The van der Waals surface area contributed by atoms with Crippen LogP contribution in [0.1, 0.15) is 23.2 Å². The van der Waals surface area contributed by atoms with E-state index in [4.69, 9.17) is 9.84 Å². The van der Waals surface area contributed by atoms with Crippen molar-refractivity contribution < 1.29 is 19.4 Å². The van der Waals surface area contributed by atoms with Crippen LogP contribution in [-0.2, 0) is 9.53 Å². The first-order valence-corrected chi connectivity index (χ1v) is 7.22. The maximum absolute atomic E-state index is 12.0. The van der Waals surface area contributed by atoms with Crippen LogP contribution in [0.2, 0.25) is 0 Å². The van der Waals surface area contributed by atoms with Gasteiger partial charge >= 0.3 is 5.97 Å². The molecular formula is C12H11Br2NO4. The number of carbonyl (C=O) groups excluding carboxylic acids is 1. The summed E-state index contributed by atoms with van der Waals surface area (Å²) < 4.78 is 6.39. The Balaban J connectivity index is 2.28. The van der Waals surface area contributed by atoms with E-state index in [0.717, 1.165) is 6.42 Å². The molecule has 0 saturated carbocycles. The molecule has 2 N–H and O–H groups in total. The third-order valence-corrected chi connectivity index (χ3v) is 3.84. The molecule has 1 aliphatic heterocycles. The summed E-state index contributed by atoms with van der Waals surface area (Å²) in [6.45, 7) is 0.561. The van der Waals surface area contributed by atoms with Gasteiger partial charge in [-0.1, -0.05) is 15.9 Å². The van der Waals surface area contributed by atoms with Gasteiger partial charge in [0.05, 0.1) is 11.3 Å². The van der Waals surface area contributed by atoms with Crippen molar-refractivity contribution in [2.24, 2.45) is 0 Å². The number of nitrogens with one attached hydrogen (secondary N) is 1. The molecule has 7 heteroatoms. The molecule has 1 fully saturated rings. The van der Waals surface area contributed by atoms with Crippen LogP contribution in [0.4, 0.5) is 5.69 Å². The Kier molecular flexibility index (Phi) is 4.59. The van der Waals surface area contributed by atoms with Crippen molar-refractivity contribution >= 4 is 49.4 Å². The molecule has 0 aromatic heterocycles. The molecule has 1 aromatic carbocycles. The standard InChI is InChI=1S/C12H11Br2NO4/c13-6-4-7(12(17)18)10(8(14)5-6)15-11(16)9-2-1-3-19-9/h4-5,9H,1-3H2,(H,15,16)(H,17,18)/t9-/m0/s1. The fraction of sp³-hybridized carbons (Fsp3) is 0.333. The molecule has 1 heterocycles.